The van der Waals surface area contributed by atoms with Crippen LogP contribution in [0.3, 0.4) is 0 Å². The monoisotopic (exact) mass is 284 g/mol. The SMILES string of the molecule is COc1ccc(NC(=O)CC(=O)NC(C)C)cc1Cl. The Morgan fingerprint density at radius 3 is 2.53 bits per heavy atom. The number of carbonyl (C=O) groups is 2. The van der Waals surface area contributed by atoms with E-state index in [1.165, 1.54) is 7.11 Å². The summed E-state index contributed by atoms with van der Waals surface area (Å²) in [7, 11) is 1.51. The Morgan fingerprint density at radius 1 is 1.32 bits per heavy atom. The molecule has 0 saturated carbocycles. The van der Waals surface area contributed by atoms with Gasteiger partial charge in [0.15, 0.2) is 0 Å². The minimum absolute atomic E-state index is 0.00994. The van der Waals surface area contributed by atoms with E-state index in [4.69, 9.17) is 16.3 Å². The predicted molar refractivity (Wildman–Crippen MR) is 74.5 cm³/mol. The Morgan fingerprint density at radius 2 is 2.00 bits per heavy atom. The molecule has 0 aliphatic heterocycles. The number of carbonyl (C=O) groups excluding carboxylic acids is 2. The third-order valence-electron chi connectivity index (χ3n) is 2.21. The quantitative estimate of drug-likeness (QED) is 0.815. The van der Waals surface area contributed by atoms with E-state index in [9.17, 15) is 9.59 Å². The zero-order chi connectivity index (χ0) is 14.4. The molecule has 0 aromatic heterocycles. The molecule has 0 aliphatic rings. The van der Waals surface area contributed by atoms with Gasteiger partial charge in [0.05, 0.1) is 12.1 Å². The summed E-state index contributed by atoms with van der Waals surface area (Å²) in [6, 6.07) is 4.88. The number of methoxy groups -OCH3 is 1. The molecule has 1 rings (SSSR count). The number of ether oxygens (including phenoxy) is 1. The van der Waals surface area contributed by atoms with Crippen LogP contribution < -0.4 is 15.4 Å². The fourth-order valence-electron chi connectivity index (χ4n) is 1.47. The van der Waals surface area contributed by atoms with E-state index in [0.717, 1.165) is 0 Å². The molecule has 19 heavy (non-hydrogen) atoms. The molecule has 0 saturated heterocycles. The minimum Gasteiger partial charge on any atom is -0.495 e. The van der Waals surface area contributed by atoms with Crippen LogP contribution in [-0.4, -0.2) is 25.0 Å². The van der Waals surface area contributed by atoms with Gasteiger partial charge < -0.3 is 15.4 Å². The van der Waals surface area contributed by atoms with Crippen LogP contribution in [0.1, 0.15) is 20.3 Å². The second kappa shape index (κ2) is 6.99. The van der Waals surface area contributed by atoms with Crippen LogP contribution in [0.15, 0.2) is 18.2 Å². The van der Waals surface area contributed by atoms with Gasteiger partial charge >= 0.3 is 0 Å². The lowest BCUT2D eigenvalue weighted by atomic mass is 10.2. The fourth-order valence-corrected chi connectivity index (χ4v) is 1.73. The van der Waals surface area contributed by atoms with Gasteiger partial charge in [-0.15, -0.1) is 0 Å². The predicted octanol–water partition coefficient (Wildman–Crippen LogP) is 2.20. The summed E-state index contributed by atoms with van der Waals surface area (Å²) in [5, 5.41) is 5.64. The second-order valence-corrected chi connectivity index (χ2v) is 4.70. The number of halogens is 1. The van der Waals surface area contributed by atoms with Gasteiger partial charge in [0.25, 0.3) is 0 Å². The summed E-state index contributed by atoms with van der Waals surface area (Å²) in [6.07, 6.45) is -0.220. The van der Waals surface area contributed by atoms with Gasteiger partial charge in [-0.1, -0.05) is 11.6 Å². The fraction of sp³-hybridized carbons (Fsp3) is 0.385. The van der Waals surface area contributed by atoms with Gasteiger partial charge in [0.1, 0.15) is 12.2 Å². The Kier molecular flexibility index (Phi) is 5.63. The summed E-state index contributed by atoms with van der Waals surface area (Å²) in [4.78, 5) is 23.0. The molecule has 0 heterocycles. The molecule has 104 valence electrons. The molecule has 5 nitrogen and oxygen atoms in total. The number of benzene rings is 1. The largest absolute Gasteiger partial charge is 0.495 e. The number of hydrogen-bond donors (Lipinski definition) is 2. The lowest BCUT2D eigenvalue weighted by Gasteiger charge is -2.09. The second-order valence-electron chi connectivity index (χ2n) is 4.30. The molecular weight excluding hydrogens is 268 g/mol. The Bertz CT molecular complexity index is 475. The van der Waals surface area contributed by atoms with E-state index in [0.29, 0.717) is 16.5 Å². The Balaban J connectivity index is 2.57. The van der Waals surface area contributed by atoms with Crippen molar-refractivity contribution in [3.63, 3.8) is 0 Å². The van der Waals surface area contributed by atoms with Crippen molar-refractivity contribution in [3.8, 4) is 5.75 Å². The summed E-state index contributed by atoms with van der Waals surface area (Å²) in [5.41, 5.74) is 0.521. The highest BCUT2D eigenvalue weighted by molar-refractivity contribution is 6.32. The highest BCUT2D eigenvalue weighted by Crippen LogP contribution is 2.27. The molecule has 0 unspecified atom stereocenters. The van der Waals surface area contributed by atoms with Crippen molar-refractivity contribution in [2.75, 3.05) is 12.4 Å². The van der Waals surface area contributed by atoms with Gasteiger partial charge in [-0.25, -0.2) is 0 Å². The Labute approximate surface area is 117 Å². The maximum Gasteiger partial charge on any atom is 0.233 e. The molecule has 0 bridgehead atoms. The standard InChI is InChI=1S/C13H17ClN2O3/c1-8(2)15-12(17)7-13(18)16-9-4-5-11(19-3)10(14)6-9/h4-6,8H,7H2,1-3H3,(H,15,17)(H,16,18). The normalized spacial score (nSPS) is 10.2. The van der Waals surface area contributed by atoms with E-state index in [1.807, 2.05) is 13.8 Å². The molecule has 0 fully saturated rings. The summed E-state index contributed by atoms with van der Waals surface area (Å²) < 4.78 is 5.00. The van der Waals surface area contributed by atoms with Crippen LogP contribution in [0, 0.1) is 0 Å². The van der Waals surface area contributed by atoms with E-state index >= 15 is 0 Å². The highest BCUT2D eigenvalue weighted by atomic mass is 35.5. The smallest absolute Gasteiger partial charge is 0.233 e. The maximum atomic E-state index is 11.6. The zero-order valence-electron chi connectivity index (χ0n) is 11.1. The lowest BCUT2D eigenvalue weighted by molar-refractivity contribution is -0.127. The van der Waals surface area contributed by atoms with Crippen LogP contribution in [0.25, 0.3) is 0 Å². The van der Waals surface area contributed by atoms with E-state index in [-0.39, 0.29) is 24.3 Å². The average Bonchev–Trinajstić information content (AvgIpc) is 2.27. The van der Waals surface area contributed by atoms with Crippen molar-refractivity contribution >= 4 is 29.1 Å². The molecule has 1 aromatic carbocycles. The average molecular weight is 285 g/mol. The van der Waals surface area contributed by atoms with Crippen molar-refractivity contribution in [1.29, 1.82) is 0 Å². The van der Waals surface area contributed by atoms with E-state index in [2.05, 4.69) is 10.6 Å². The minimum atomic E-state index is -0.389. The van der Waals surface area contributed by atoms with Gasteiger partial charge in [-0.05, 0) is 32.0 Å². The maximum absolute atomic E-state index is 11.6. The summed E-state index contributed by atoms with van der Waals surface area (Å²) in [6.45, 7) is 3.66. The topological polar surface area (TPSA) is 67.4 Å². The van der Waals surface area contributed by atoms with Gasteiger partial charge in [0, 0.05) is 11.7 Å². The van der Waals surface area contributed by atoms with Gasteiger partial charge in [-0.3, -0.25) is 9.59 Å². The number of nitrogens with one attached hydrogen (secondary N) is 2. The number of rotatable bonds is 5. The zero-order valence-corrected chi connectivity index (χ0v) is 11.9. The van der Waals surface area contributed by atoms with Crippen molar-refractivity contribution in [1.82, 2.24) is 5.32 Å². The molecule has 1 aromatic rings. The Hall–Kier alpha value is -1.75. The van der Waals surface area contributed by atoms with E-state index in [1.54, 1.807) is 18.2 Å². The van der Waals surface area contributed by atoms with Gasteiger partial charge in [0.2, 0.25) is 11.8 Å². The summed E-state index contributed by atoms with van der Waals surface area (Å²) >= 11 is 5.93. The van der Waals surface area contributed by atoms with Crippen LogP contribution in [-0.2, 0) is 9.59 Å². The van der Waals surface area contributed by atoms with Crippen LogP contribution in [0.5, 0.6) is 5.75 Å². The van der Waals surface area contributed by atoms with Crippen molar-refractivity contribution in [2.24, 2.45) is 0 Å². The van der Waals surface area contributed by atoms with Crippen LogP contribution >= 0.6 is 11.6 Å². The highest BCUT2D eigenvalue weighted by Gasteiger charge is 2.11. The molecule has 6 heteroatoms. The number of amides is 2. The van der Waals surface area contributed by atoms with Gasteiger partial charge in [-0.2, -0.15) is 0 Å². The number of anilines is 1. The molecule has 0 aliphatic carbocycles. The molecule has 2 N–H and O–H groups in total. The molecule has 0 atom stereocenters. The van der Waals surface area contributed by atoms with Crippen molar-refractivity contribution in [2.45, 2.75) is 26.3 Å². The first kappa shape index (κ1) is 15.3. The first-order valence-electron chi connectivity index (χ1n) is 5.85. The van der Waals surface area contributed by atoms with Crippen molar-refractivity contribution in [3.05, 3.63) is 23.2 Å². The third kappa shape index (κ3) is 5.18. The first-order valence-corrected chi connectivity index (χ1v) is 6.23. The molecule has 0 spiro atoms. The molecule has 2 amide bonds. The van der Waals surface area contributed by atoms with Crippen LogP contribution in [0.2, 0.25) is 5.02 Å². The molecular formula is C13H17ClN2O3. The first-order chi connectivity index (χ1) is 8.92. The summed E-state index contributed by atoms with van der Waals surface area (Å²) in [5.74, 6) is -0.177. The molecule has 0 radical (unpaired) electrons. The number of hydrogen-bond acceptors (Lipinski definition) is 3. The van der Waals surface area contributed by atoms with Crippen LogP contribution in [0.4, 0.5) is 5.69 Å². The van der Waals surface area contributed by atoms with Crippen molar-refractivity contribution < 1.29 is 14.3 Å². The lowest BCUT2D eigenvalue weighted by Crippen LogP contribution is -2.33. The third-order valence-corrected chi connectivity index (χ3v) is 2.50. The van der Waals surface area contributed by atoms with E-state index < -0.39 is 0 Å².